The molecule has 1 aromatic carbocycles. The molecule has 0 atom stereocenters. The molecule has 0 unspecified atom stereocenters. The highest BCUT2D eigenvalue weighted by atomic mass is 79.9. The molecule has 0 amide bonds. The van der Waals surface area contributed by atoms with E-state index in [1.54, 1.807) is 7.11 Å². The molecule has 1 heterocycles. The van der Waals surface area contributed by atoms with E-state index in [1.165, 1.54) is 6.07 Å². The lowest BCUT2D eigenvalue weighted by Crippen LogP contribution is -2.21. The van der Waals surface area contributed by atoms with Crippen LogP contribution in [0.15, 0.2) is 33.5 Å². The van der Waals surface area contributed by atoms with Crippen LogP contribution in [0.4, 0.5) is 0 Å². The van der Waals surface area contributed by atoms with Crippen LogP contribution in [0.1, 0.15) is 11.3 Å². The zero-order chi connectivity index (χ0) is 15.2. The number of benzene rings is 1. The van der Waals surface area contributed by atoms with Crippen LogP contribution >= 0.6 is 15.9 Å². The van der Waals surface area contributed by atoms with Crippen LogP contribution in [0.3, 0.4) is 0 Å². The maximum Gasteiger partial charge on any atom is 0.251 e. The first-order valence-corrected chi connectivity index (χ1v) is 7.46. The third-order valence-electron chi connectivity index (χ3n) is 2.96. The fourth-order valence-corrected chi connectivity index (χ4v) is 2.61. The van der Waals surface area contributed by atoms with E-state index in [4.69, 9.17) is 4.74 Å². The van der Waals surface area contributed by atoms with Gasteiger partial charge in [-0.1, -0.05) is 22.0 Å². The van der Waals surface area contributed by atoms with Crippen molar-refractivity contribution in [3.05, 3.63) is 50.3 Å². The van der Waals surface area contributed by atoms with Gasteiger partial charge in [0.1, 0.15) is 5.82 Å². The average molecular weight is 352 g/mol. The second kappa shape index (κ2) is 7.49. The van der Waals surface area contributed by atoms with Crippen LogP contribution < -0.4 is 10.9 Å². The topological polar surface area (TPSA) is 67.0 Å². The van der Waals surface area contributed by atoms with Crippen molar-refractivity contribution >= 4 is 15.9 Å². The van der Waals surface area contributed by atoms with Gasteiger partial charge in [-0.15, -0.1) is 0 Å². The molecule has 0 bridgehead atoms. The highest BCUT2D eigenvalue weighted by molar-refractivity contribution is 9.10. The first-order chi connectivity index (χ1) is 10.1. The number of halogens is 1. The van der Waals surface area contributed by atoms with E-state index in [0.717, 1.165) is 15.6 Å². The number of nitrogens with zero attached hydrogens (tertiary/aromatic N) is 1. The van der Waals surface area contributed by atoms with Crippen molar-refractivity contribution < 1.29 is 4.74 Å². The predicted molar refractivity (Wildman–Crippen MR) is 86.3 cm³/mol. The average Bonchev–Trinajstić information content (AvgIpc) is 2.43. The highest BCUT2D eigenvalue weighted by Crippen LogP contribution is 2.25. The van der Waals surface area contributed by atoms with Crippen molar-refractivity contribution in [2.45, 2.75) is 13.5 Å². The fraction of sp³-hybridized carbons (Fsp3) is 0.333. The zero-order valence-corrected chi connectivity index (χ0v) is 13.7. The Bertz CT molecular complexity index is 670. The number of methoxy groups -OCH3 is 1. The Hall–Kier alpha value is -1.50. The molecule has 0 radical (unpaired) electrons. The third kappa shape index (κ3) is 4.49. The molecule has 0 saturated heterocycles. The van der Waals surface area contributed by atoms with Gasteiger partial charge >= 0.3 is 0 Å². The molecule has 0 aliphatic carbocycles. The van der Waals surface area contributed by atoms with E-state index in [1.807, 2.05) is 25.1 Å². The lowest BCUT2D eigenvalue weighted by Gasteiger charge is -2.08. The van der Waals surface area contributed by atoms with Crippen molar-refractivity contribution in [3.8, 4) is 11.4 Å². The molecule has 2 rings (SSSR count). The molecule has 5 nitrogen and oxygen atoms in total. The minimum Gasteiger partial charge on any atom is -0.383 e. The number of aromatic amines is 1. The maximum atomic E-state index is 11.8. The molecule has 0 saturated carbocycles. The number of hydrogen-bond donors (Lipinski definition) is 2. The van der Waals surface area contributed by atoms with Gasteiger partial charge in [-0.25, -0.2) is 4.98 Å². The SMILES string of the molecule is COCCNCc1cc(=O)[nH]c(-c2ccc(C)cc2Br)n1. The van der Waals surface area contributed by atoms with Crippen LogP contribution in [0.2, 0.25) is 0 Å². The van der Waals surface area contributed by atoms with E-state index in [-0.39, 0.29) is 5.56 Å². The molecule has 0 fully saturated rings. The number of aryl methyl sites for hydroxylation is 1. The summed E-state index contributed by atoms with van der Waals surface area (Å²) in [6.07, 6.45) is 0. The number of aromatic nitrogens is 2. The monoisotopic (exact) mass is 351 g/mol. The Morgan fingerprint density at radius 2 is 2.19 bits per heavy atom. The molecule has 0 aliphatic heterocycles. The van der Waals surface area contributed by atoms with Crippen LogP contribution in [0, 0.1) is 6.92 Å². The summed E-state index contributed by atoms with van der Waals surface area (Å²) in [5, 5.41) is 3.18. The Morgan fingerprint density at radius 1 is 1.38 bits per heavy atom. The van der Waals surface area contributed by atoms with Crippen molar-refractivity contribution in [2.75, 3.05) is 20.3 Å². The number of nitrogens with one attached hydrogen (secondary N) is 2. The van der Waals surface area contributed by atoms with Crippen LogP contribution in [0.5, 0.6) is 0 Å². The van der Waals surface area contributed by atoms with Gasteiger partial charge in [-0.2, -0.15) is 0 Å². The van der Waals surface area contributed by atoms with Gasteiger partial charge in [-0.05, 0) is 24.6 Å². The summed E-state index contributed by atoms with van der Waals surface area (Å²) < 4.78 is 5.88. The van der Waals surface area contributed by atoms with Gasteiger partial charge in [-0.3, -0.25) is 4.79 Å². The van der Waals surface area contributed by atoms with E-state index in [2.05, 4.69) is 31.2 Å². The smallest absolute Gasteiger partial charge is 0.251 e. The standard InChI is InChI=1S/C15H18BrN3O2/c1-10-3-4-12(13(16)7-10)15-18-11(8-14(20)19-15)9-17-5-6-21-2/h3-4,7-8,17H,5-6,9H2,1-2H3,(H,18,19,20). The number of ether oxygens (including phenoxy) is 1. The second-order valence-corrected chi connectivity index (χ2v) is 5.59. The summed E-state index contributed by atoms with van der Waals surface area (Å²) in [6.45, 7) is 3.89. The van der Waals surface area contributed by atoms with Gasteiger partial charge in [0.25, 0.3) is 5.56 Å². The van der Waals surface area contributed by atoms with Gasteiger partial charge < -0.3 is 15.0 Å². The normalized spacial score (nSPS) is 10.8. The van der Waals surface area contributed by atoms with Crippen molar-refractivity contribution in [1.29, 1.82) is 0 Å². The highest BCUT2D eigenvalue weighted by Gasteiger charge is 2.08. The summed E-state index contributed by atoms with van der Waals surface area (Å²) in [4.78, 5) is 19.1. The molecule has 0 spiro atoms. The van der Waals surface area contributed by atoms with E-state index >= 15 is 0 Å². The molecular formula is C15H18BrN3O2. The molecule has 2 N–H and O–H groups in total. The number of rotatable bonds is 6. The lowest BCUT2D eigenvalue weighted by atomic mass is 10.1. The van der Waals surface area contributed by atoms with Gasteiger partial charge in [0.05, 0.1) is 12.3 Å². The van der Waals surface area contributed by atoms with Crippen molar-refractivity contribution in [3.63, 3.8) is 0 Å². The van der Waals surface area contributed by atoms with Crippen LogP contribution in [-0.4, -0.2) is 30.2 Å². The fourth-order valence-electron chi connectivity index (χ4n) is 1.93. The van der Waals surface area contributed by atoms with E-state index < -0.39 is 0 Å². The molecular weight excluding hydrogens is 334 g/mol. The van der Waals surface area contributed by atoms with Crippen molar-refractivity contribution in [1.82, 2.24) is 15.3 Å². The minimum absolute atomic E-state index is 0.156. The first kappa shape index (κ1) is 15.9. The Morgan fingerprint density at radius 3 is 2.90 bits per heavy atom. The minimum atomic E-state index is -0.156. The molecule has 1 aromatic heterocycles. The van der Waals surface area contributed by atoms with Gasteiger partial charge in [0.2, 0.25) is 0 Å². The van der Waals surface area contributed by atoms with E-state index in [0.29, 0.717) is 31.2 Å². The second-order valence-electron chi connectivity index (χ2n) is 4.74. The Balaban J connectivity index is 2.24. The summed E-state index contributed by atoms with van der Waals surface area (Å²) in [5.74, 6) is 0.568. The number of hydrogen-bond acceptors (Lipinski definition) is 4. The third-order valence-corrected chi connectivity index (χ3v) is 3.62. The van der Waals surface area contributed by atoms with Gasteiger partial charge in [0, 0.05) is 36.3 Å². The molecule has 0 aliphatic rings. The molecule has 2 aromatic rings. The van der Waals surface area contributed by atoms with E-state index in [9.17, 15) is 4.79 Å². The number of H-pyrrole nitrogens is 1. The van der Waals surface area contributed by atoms with Gasteiger partial charge in [0.15, 0.2) is 0 Å². The molecule has 6 heteroatoms. The van der Waals surface area contributed by atoms with Crippen LogP contribution in [-0.2, 0) is 11.3 Å². The first-order valence-electron chi connectivity index (χ1n) is 6.66. The zero-order valence-electron chi connectivity index (χ0n) is 12.1. The summed E-state index contributed by atoms with van der Waals surface area (Å²) in [6, 6.07) is 7.44. The molecule has 21 heavy (non-hydrogen) atoms. The largest absolute Gasteiger partial charge is 0.383 e. The summed E-state index contributed by atoms with van der Waals surface area (Å²) in [7, 11) is 1.65. The maximum absolute atomic E-state index is 11.8. The van der Waals surface area contributed by atoms with Crippen LogP contribution in [0.25, 0.3) is 11.4 Å². The Labute approximate surface area is 131 Å². The predicted octanol–water partition coefficient (Wildman–Crippen LogP) is 2.24. The summed E-state index contributed by atoms with van der Waals surface area (Å²) in [5.41, 5.74) is 2.56. The summed E-state index contributed by atoms with van der Waals surface area (Å²) >= 11 is 3.51. The lowest BCUT2D eigenvalue weighted by molar-refractivity contribution is 0.199. The quantitative estimate of drug-likeness (QED) is 0.783. The molecule has 112 valence electrons. The Kier molecular flexibility index (Phi) is 5.67. The van der Waals surface area contributed by atoms with Crippen molar-refractivity contribution in [2.24, 2.45) is 0 Å².